The number of rotatable bonds is 7. The first-order valence-corrected chi connectivity index (χ1v) is 9.04. The van der Waals surface area contributed by atoms with Crippen LogP contribution >= 0.6 is 11.8 Å². The van der Waals surface area contributed by atoms with Gasteiger partial charge in [-0.25, -0.2) is 8.78 Å². The van der Waals surface area contributed by atoms with Crippen molar-refractivity contribution in [2.45, 2.75) is 11.7 Å². The predicted molar refractivity (Wildman–Crippen MR) is 101 cm³/mol. The second-order valence-electron chi connectivity index (χ2n) is 5.53. The summed E-state index contributed by atoms with van der Waals surface area (Å²) in [6.45, 7) is 4.08. The molecule has 0 unspecified atom stereocenters. The van der Waals surface area contributed by atoms with E-state index in [2.05, 4.69) is 22.1 Å². The highest BCUT2D eigenvalue weighted by atomic mass is 32.2. The summed E-state index contributed by atoms with van der Waals surface area (Å²) in [5.41, 5.74) is 0.830. The number of halogens is 2. The molecule has 0 saturated carbocycles. The van der Waals surface area contributed by atoms with Gasteiger partial charge in [0.25, 0.3) is 0 Å². The Morgan fingerprint density at radius 3 is 2.59 bits per heavy atom. The largest absolute Gasteiger partial charge is 0.325 e. The summed E-state index contributed by atoms with van der Waals surface area (Å²) < 4.78 is 28.7. The number of carbonyl (C=O) groups is 1. The average molecular weight is 386 g/mol. The molecular weight excluding hydrogens is 370 g/mol. The lowest BCUT2D eigenvalue weighted by atomic mass is 10.2. The highest BCUT2D eigenvalue weighted by Gasteiger charge is 2.17. The van der Waals surface area contributed by atoms with Gasteiger partial charge in [-0.05, 0) is 36.4 Å². The maximum absolute atomic E-state index is 14.1. The molecule has 138 valence electrons. The molecule has 0 radical (unpaired) electrons. The number of hydrogen-bond acceptors (Lipinski definition) is 4. The third kappa shape index (κ3) is 4.59. The smallest absolute Gasteiger partial charge is 0.234 e. The molecule has 0 aliphatic heterocycles. The van der Waals surface area contributed by atoms with Crippen LogP contribution in [0.1, 0.15) is 0 Å². The number of amides is 1. The number of nitrogens with one attached hydrogen (secondary N) is 1. The summed E-state index contributed by atoms with van der Waals surface area (Å²) in [5.74, 6) is -0.604. The summed E-state index contributed by atoms with van der Waals surface area (Å²) in [6.07, 6.45) is 1.65. The Balaban J connectivity index is 1.73. The number of anilines is 1. The molecule has 27 heavy (non-hydrogen) atoms. The molecule has 1 aromatic heterocycles. The van der Waals surface area contributed by atoms with E-state index in [0.717, 1.165) is 0 Å². The third-order valence-electron chi connectivity index (χ3n) is 3.60. The van der Waals surface area contributed by atoms with Crippen molar-refractivity contribution in [1.82, 2.24) is 14.8 Å². The van der Waals surface area contributed by atoms with Crippen molar-refractivity contribution in [3.05, 3.63) is 72.8 Å². The van der Waals surface area contributed by atoms with Crippen molar-refractivity contribution in [2.75, 3.05) is 11.1 Å². The molecule has 3 aromatic rings. The molecule has 1 N–H and O–H groups in total. The molecule has 0 saturated heterocycles. The lowest BCUT2D eigenvalue weighted by molar-refractivity contribution is -0.113. The van der Waals surface area contributed by atoms with Crippen LogP contribution in [0.2, 0.25) is 0 Å². The number of thioether (sulfide) groups is 1. The molecule has 8 heteroatoms. The van der Waals surface area contributed by atoms with Crippen molar-refractivity contribution < 1.29 is 13.6 Å². The Bertz CT molecular complexity index is 957. The van der Waals surface area contributed by atoms with Gasteiger partial charge in [-0.1, -0.05) is 30.0 Å². The SMILES string of the molecule is C=CCn1c(SCC(=O)Nc2ccc(F)cc2)nnc1-c1ccccc1F. The van der Waals surface area contributed by atoms with Crippen molar-refractivity contribution in [1.29, 1.82) is 0 Å². The number of hydrogen-bond donors (Lipinski definition) is 1. The molecule has 1 amide bonds. The Labute approximate surface area is 159 Å². The zero-order valence-corrected chi connectivity index (χ0v) is 15.0. The van der Waals surface area contributed by atoms with Gasteiger partial charge in [0, 0.05) is 12.2 Å². The predicted octanol–water partition coefficient (Wildman–Crippen LogP) is 4.14. The number of carbonyl (C=O) groups excluding carboxylic acids is 1. The topological polar surface area (TPSA) is 59.8 Å². The van der Waals surface area contributed by atoms with Crippen LogP contribution in [0.4, 0.5) is 14.5 Å². The Morgan fingerprint density at radius 2 is 1.89 bits per heavy atom. The molecule has 0 fully saturated rings. The molecular formula is C19H16F2N4OS. The van der Waals surface area contributed by atoms with Gasteiger partial charge in [-0.3, -0.25) is 9.36 Å². The molecule has 0 bridgehead atoms. The van der Waals surface area contributed by atoms with Gasteiger partial charge in [-0.2, -0.15) is 0 Å². The minimum atomic E-state index is -0.402. The summed E-state index contributed by atoms with van der Waals surface area (Å²) in [6, 6.07) is 11.8. The standard InChI is InChI=1S/C19H16F2N4OS/c1-2-11-25-18(15-5-3-4-6-16(15)21)23-24-19(25)27-12-17(26)22-14-9-7-13(20)8-10-14/h2-10H,1,11-12H2,(H,22,26). The number of nitrogens with zero attached hydrogens (tertiary/aromatic N) is 3. The summed E-state index contributed by atoms with van der Waals surface area (Å²) in [7, 11) is 0. The van der Waals surface area contributed by atoms with Crippen LogP contribution in [0.3, 0.4) is 0 Å². The Hall–Kier alpha value is -3.00. The van der Waals surface area contributed by atoms with E-state index in [4.69, 9.17) is 0 Å². The summed E-state index contributed by atoms with van der Waals surface area (Å²) >= 11 is 1.17. The number of benzene rings is 2. The van der Waals surface area contributed by atoms with Crippen LogP contribution in [0.5, 0.6) is 0 Å². The zero-order valence-electron chi connectivity index (χ0n) is 14.2. The van der Waals surface area contributed by atoms with E-state index in [9.17, 15) is 13.6 Å². The first kappa shape index (κ1) is 18.8. The second-order valence-corrected chi connectivity index (χ2v) is 6.47. The number of aromatic nitrogens is 3. The quantitative estimate of drug-likeness (QED) is 0.490. The Kier molecular flexibility index (Phi) is 5.97. The van der Waals surface area contributed by atoms with Crippen LogP contribution in [0.15, 0.2) is 66.3 Å². The lowest BCUT2D eigenvalue weighted by Gasteiger charge is -2.08. The molecule has 0 aliphatic carbocycles. The van der Waals surface area contributed by atoms with Gasteiger partial charge in [0.05, 0.1) is 11.3 Å². The van der Waals surface area contributed by atoms with Crippen molar-refractivity contribution in [3.63, 3.8) is 0 Å². The normalized spacial score (nSPS) is 10.6. The first-order valence-electron chi connectivity index (χ1n) is 8.05. The maximum Gasteiger partial charge on any atom is 0.234 e. The molecule has 1 heterocycles. The van der Waals surface area contributed by atoms with E-state index >= 15 is 0 Å². The van der Waals surface area contributed by atoms with E-state index < -0.39 is 5.82 Å². The van der Waals surface area contributed by atoms with Gasteiger partial charge in [0.15, 0.2) is 11.0 Å². The average Bonchev–Trinajstić information content (AvgIpc) is 3.05. The summed E-state index contributed by atoms with van der Waals surface area (Å²) in [4.78, 5) is 12.1. The fourth-order valence-electron chi connectivity index (χ4n) is 2.39. The first-order chi connectivity index (χ1) is 13.1. The maximum atomic E-state index is 14.1. The van der Waals surface area contributed by atoms with Crippen LogP contribution < -0.4 is 5.32 Å². The molecule has 2 aromatic carbocycles. The van der Waals surface area contributed by atoms with E-state index in [0.29, 0.717) is 28.8 Å². The van der Waals surface area contributed by atoms with Gasteiger partial charge >= 0.3 is 0 Å². The minimum Gasteiger partial charge on any atom is -0.325 e. The minimum absolute atomic E-state index is 0.0733. The lowest BCUT2D eigenvalue weighted by Crippen LogP contribution is -2.14. The monoisotopic (exact) mass is 386 g/mol. The van der Waals surface area contributed by atoms with E-state index in [-0.39, 0.29) is 17.5 Å². The third-order valence-corrected chi connectivity index (χ3v) is 4.57. The van der Waals surface area contributed by atoms with Crippen LogP contribution in [-0.4, -0.2) is 26.4 Å². The fourth-order valence-corrected chi connectivity index (χ4v) is 3.14. The van der Waals surface area contributed by atoms with Crippen molar-refractivity contribution in [2.24, 2.45) is 0 Å². The van der Waals surface area contributed by atoms with Crippen LogP contribution in [0, 0.1) is 11.6 Å². The zero-order chi connectivity index (χ0) is 19.2. The molecule has 0 spiro atoms. The highest BCUT2D eigenvalue weighted by Crippen LogP contribution is 2.26. The van der Waals surface area contributed by atoms with Crippen molar-refractivity contribution in [3.8, 4) is 11.4 Å². The highest BCUT2D eigenvalue weighted by molar-refractivity contribution is 7.99. The van der Waals surface area contributed by atoms with Gasteiger partial charge in [-0.15, -0.1) is 16.8 Å². The van der Waals surface area contributed by atoms with E-state index in [1.165, 1.54) is 42.1 Å². The van der Waals surface area contributed by atoms with Crippen LogP contribution in [0.25, 0.3) is 11.4 Å². The Morgan fingerprint density at radius 1 is 1.15 bits per heavy atom. The van der Waals surface area contributed by atoms with Gasteiger partial charge in [0.2, 0.25) is 5.91 Å². The summed E-state index contributed by atoms with van der Waals surface area (Å²) in [5, 5.41) is 11.3. The van der Waals surface area contributed by atoms with Crippen LogP contribution in [-0.2, 0) is 11.3 Å². The molecule has 0 atom stereocenters. The fraction of sp³-hybridized carbons (Fsp3) is 0.105. The van der Waals surface area contributed by atoms with E-state index in [1.807, 2.05) is 0 Å². The number of allylic oxidation sites excluding steroid dienone is 1. The van der Waals surface area contributed by atoms with Crippen molar-refractivity contribution >= 4 is 23.4 Å². The van der Waals surface area contributed by atoms with E-state index in [1.54, 1.807) is 28.8 Å². The van der Waals surface area contributed by atoms with Gasteiger partial charge < -0.3 is 5.32 Å². The second kappa shape index (κ2) is 8.59. The molecule has 5 nitrogen and oxygen atoms in total. The van der Waals surface area contributed by atoms with Gasteiger partial charge in [0.1, 0.15) is 11.6 Å². The molecule has 3 rings (SSSR count). The molecule has 0 aliphatic rings.